The lowest BCUT2D eigenvalue weighted by molar-refractivity contribution is 0.0193. The van der Waals surface area contributed by atoms with E-state index < -0.39 is 5.97 Å². The molecule has 2 aliphatic rings. The fourth-order valence-corrected chi connectivity index (χ4v) is 5.07. The Morgan fingerprint density at radius 1 is 1.10 bits per heavy atom. The number of fused-ring (bicyclic) bond motifs is 1. The number of carbonyl (C=O) groups is 1. The summed E-state index contributed by atoms with van der Waals surface area (Å²) >= 11 is 0. The predicted molar refractivity (Wildman–Crippen MR) is 120 cm³/mol. The first-order valence-electron chi connectivity index (χ1n) is 11.2. The second-order valence-electron chi connectivity index (χ2n) is 9.01. The maximum absolute atomic E-state index is 11.3. The standard InChI is InChI=1S/C26H29NO4/c1-15-13-22(17-3-4-17)25(20-11-12-27-24(15)20)31-23-10-9-19(30-2)14-21(23)16-5-7-18(8-6-16)26(28)29/h5-8,11-13,17,19,21,23,27H,3-4,9-10,14H2,1-2H3,(H,28,29)/t19-,21-,23+/m0/s1. The van der Waals surface area contributed by atoms with Crippen molar-refractivity contribution in [2.75, 3.05) is 7.11 Å². The van der Waals surface area contributed by atoms with Crippen molar-refractivity contribution < 1.29 is 19.4 Å². The van der Waals surface area contributed by atoms with Crippen LogP contribution in [0, 0.1) is 6.92 Å². The minimum atomic E-state index is -0.902. The number of aromatic nitrogens is 1. The highest BCUT2D eigenvalue weighted by Crippen LogP contribution is 2.49. The number of ether oxygens (including phenoxy) is 2. The van der Waals surface area contributed by atoms with Crippen molar-refractivity contribution in [3.8, 4) is 5.75 Å². The molecule has 0 bridgehead atoms. The van der Waals surface area contributed by atoms with Crippen LogP contribution in [0.1, 0.15) is 71.0 Å². The minimum absolute atomic E-state index is 0.0281. The number of hydrogen-bond acceptors (Lipinski definition) is 3. The number of H-pyrrole nitrogens is 1. The van der Waals surface area contributed by atoms with Crippen molar-refractivity contribution >= 4 is 16.9 Å². The summed E-state index contributed by atoms with van der Waals surface area (Å²) in [5.74, 6) is 0.874. The van der Waals surface area contributed by atoms with E-state index in [1.807, 2.05) is 18.3 Å². The molecule has 2 aliphatic carbocycles. The van der Waals surface area contributed by atoms with Gasteiger partial charge in [0.1, 0.15) is 11.9 Å². The average molecular weight is 420 g/mol. The van der Waals surface area contributed by atoms with Gasteiger partial charge in [0.15, 0.2) is 0 Å². The summed E-state index contributed by atoms with van der Waals surface area (Å²) in [7, 11) is 1.77. The highest BCUT2D eigenvalue weighted by Gasteiger charge is 2.36. The zero-order valence-corrected chi connectivity index (χ0v) is 18.1. The van der Waals surface area contributed by atoms with E-state index in [0.717, 1.165) is 41.5 Å². The molecule has 5 rings (SSSR count). The number of aromatic carboxylic acids is 1. The fourth-order valence-electron chi connectivity index (χ4n) is 5.07. The van der Waals surface area contributed by atoms with Crippen molar-refractivity contribution in [3.63, 3.8) is 0 Å². The van der Waals surface area contributed by atoms with Crippen LogP contribution in [0.15, 0.2) is 42.6 Å². The second-order valence-corrected chi connectivity index (χ2v) is 9.01. The molecule has 0 amide bonds. The Bertz CT molecular complexity index is 1100. The lowest BCUT2D eigenvalue weighted by Gasteiger charge is -2.36. The van der Waals surface area contributed by atoms with E-state index in [2.05, 4.69) is 24.0 Å². The minimum Gasteiger partial charge on any atom is -0.489 e. The third kappa shape index (κ3) is 3.83. The molecule has 162 valence electrons. The number of carboxylic acid groups (broad SMARTS) is 1. The molecule has 1 aromatic heterocycles. The van der Waals surface area contributed by atoms with Crippen LogP contribution in [0.2, 0.25) is 0 Å². The normalized spacial score (nSPS) is 23.7. The van der Waals surface area contributed by atoms with E-state index in [9.17, 15) is 9.90 Å². The highest BCUT2D eigenvalue weighted by molar-refractivity contribution is 5.90. The van der Waals surface area contributed by atoms with Crippen molar-refractivity contribution in [3.05, 3.63) is 64.8 Å². The monoisotopic (exact) mass is 419 g/mol. The summed E-state index contributed by atoms with van der Waals surface area (Å²) in [6.45, 7) is 2.16. The Labute approximate surface area is 182 Å². The van der Waals surface area contributed by atoms with E-state index in [1.165, 1.54) is 24.0 Å². The number of aromatic amines is 1. The molecule has 31 heavy (non-hydrogen) atoms. The molecule has 2 fully saturated rings. The maximum Gasteiger partial charge on any atom is 0.335 e. The molecule has 3 aromatic rings. The third-order valence-corrected chi connectivity index (χ3v) is 6.96. The fraction of sp³-hybridized carbons (Fsp3) is 0.423. The molecule has 2 N–H and O–H groups in total. The van der Waals surface area contributed by atoms with Gasteiger partial charge in [-0.3, -0.25) is 0 Å². The lowest BCUT2D eigenvalue weighted by Crippen LogP contribution is -2.35. The molecule has 2 aromatic carbocycles. The first-order valence-corrected chi connectivity index (χ1v) is 11.2. The number of carboxylic acids is 1. The topological polar surface area (TPSA) is 71.5 Å². The predicted octanol–water partition coefficient (Wildman–Crippen LogP) is 5.78. The number of methoxy groups -OCH3 is 1. The van der Waals surface area contributed by atoms with Crippen LogP contribution in [0.5, 0.6) is 5.75 Å². The molecule has 0 spiro atoms. The van der Waals surface area contributed by atoms with Gasteiger partial charge in [-0.15, -0.1) is 0 Å². The smallest absolute Gasteiger partial charge is 0.335 e. The van der Waals surface area contributed by atoms with Crippen LogP contribution >= 0.6 is 0 Å². The zero-order valence-electron chi connectivity index (χ0n) is 18.1. The maximum atomic E-state index is 11.3. The van der Waals surface area contributed by atoms with Crippen LogP contribution in [-0.4, -0.2) is 35.4 Å². The van der Waals surface area contributed by atoms with Gasteiger partial charge in [0, 0.05) is 24.6 Å². The van der Waals surface area contributed by atoms with Gasteiger partial charge in [-0.2, -0.15) is 0 Å². The number of benzene rings is 2. The van der Waals surface area contributed by atoms with Gasteiger partial charge in [-0.1, -0.05) is 18.2 Å². The Balaban J connectivity index is 1.51. The van der Waals surface area contributed by atoms with Gasteiger partial charge in [0.2, 0.25) is 0 Å². The molecular formula is C26H29NO4. The second kappa shape index (κ2) is 8.04. The van der Waals surface area contributed by atoms with Gasteiger partial charge >= 0.3 is 5.97 Å². The van der Waals surface area contributed by atoms with Gasteiger partial charge in [-0.05, 0) is 79.8 Å². The van der Waals surface area contributed by atoms with Crippen LogP contribution in [0.3, 0.4) is 0 Å². The van der Waals surface area contributed by atoms with Gasteiger partial charge in [0.05, 0.1) is 17.2 Å². The van der Waals surface area contributed by atoms with Crippen molar-refractivity contribution in [1.29, 1.82) is 0 Å². The Morgan fingerprint density at radius 3 is 2.55 bits per heavy atom. The first-order chi connectivity index (χ1) is 15.0. The van der Waals surface area contributed by atoms with Crippen LogP contribution in [0.4, 0.5) is 0 Å². The molecule has 0 radical (unpaired) electrons. The van der Waals surface area contributed by atoms with Gasteiger partial charge in [-0.25, -0.2) is 4.79 Å². The molecule has 1 heterocycles. The van der Waals surface area contributed by atoms with Gasteiger partial charge < -0.3 is 19.6 Å². The van der Waals surface area contributed by atoms with E-state index in [0.29, 0.717) is 11.5 Å². The molecule has 5 heteroatoms. The Morgan fingerprint density at radius 2 is 1.87 bits per heavy atom. The van der Waals surface area contributed by atoms with Crippen LogP contribution < -0.4 is 4.74 Å². The molecule has 2 saturated carbocycles. The number of aryl methyl sites for hydroxylation is 1. The van der Waals surface area contributed by atoms with Crippen LogP contribution in [0.25, 0.3) is 10.9 Å². The molecule has 3 atom stereocenters. The summed E-state index contributed by atoms with van der Waals surface area (Å²) in [4.78, 5) is 14.7. The van der Waals surface area contributed by atoms with Crippen molar-refractivity contribution in [2.24, 2.45) is 0 Å². The highest BCUT2D eigenvalue weighted by atomic mass is 16.5. The van der Waals surface area contributed by atoms with E-state index in [4.69, 9.17) is 9.47 Å². The number of hydrogen-bond donors (Lipinski definition) is 2. The van der Waals surface area contributed by atoms with Gasteiger partial charge in [0.25, 0.3) is 0 Å². The Hall–Kier alpha value is -2.79. The molecule has 5 nitrogen and oxygen atoms in total. The molecule has 0 saturated heterocycles. The molecular weight excluding hydrogens is 390 g/mol. The Kier molecular flexibility index (Phi) is 5.22. The van der Waals surface area contributed by atoms with E-state index in [-0.39, 0.29) is 18.1 Å². The summed E-state index contributed by atoms with van der Waals surface area (Å²) in [6.07, 6.45) is 7.40. The largest absolute Gasteiger partial charge is 0.489 e. The number of rotatable bonds is 6. The summed E-state index contributed by atoms with van der Waals surface area (Å²) in [5.41, 5.74) is 5.16. The summed E-state index contributed by atoms with van der Waals surface area (Å²) < 4.78 is 12.6. The van der Waals surface area contributed by atoms with Crippen LogP contribution in [-0.2, 0) is 4.74 Å². The van der Waals surface area contributed by atoms with E-state index in [1.54, 1.807) is 19.2 Å². The molecule has 0 aliphatic heterocycles. The summed E-state index contributed by atoms with van der Waals surface area (Å²) in [6, 6.07) is 11.7. The number of nitrogens with one attached hydrogen (secondary N) is 1. The summed E-state index contributed by atoms with van der Waals surface area (Å²) in [5, 5.41) is 10.4. The average Bonchev–Trinajstić information content (AvgIpc) is 3.51. The first kappa shape index (κ1) is 20.1. The SMILES string of the molecule is CO[C@H]1CC[C@@H](Oc2c(C3CC3)cc(C)c3[nH]ccc23)[C@H](c2ccc(C(=O)O)cc2)C1. The van der Waals surface area contributed by atoms with E-state index >= 15 is 0 Å². The van der Waals surface area contributed by atoms with Crippen molar-refractivity contribution in [1.82, 2.24) is 4.98 Å². The quantitative estimate of drug-likeness (QED) is 0.531. The van der Waals surface area contributed by atoms with Crippen molar-refractivity contribution in [2.45, 2.75) is 63.1 Å². The zero-order chi connectivity index (χ0) is 21.5. The molecule has 0 unspecified atom stereocenters. The third-order valence-electron chi connectivity index (χ3n) is 6.96. The lowest BCUT2D eigenvalue weighted by atomic mass is 9.79.